The summed E-state index contributed by atoms with van der Waals surface area (Å²) in [5, 5.41) is 64.7. The monoisotopic (exact) mass is 920 g/mol. The molecular formula is C48H78BaO8. The van der Waals surface area contributed by atoms with Crippen LogP contribution >= 0.6 is 0 Å². The molecule has 0 amide bonds. The van der Waals surface area contributed by atoms with Crippen molar-refractivity contribution in [3.8, 4) is 0 Å². The van der Waals surface area contributed by atoms with E-state index in [1.807, 2.05) is 0 Å². The molecule has 8 fully saturated rings. The first-order chi connectivity index (χ1) is 26.3. The van der Waals surface area contributed by atoms with Crippen LogP contribution in [-0.2, 0) is 9.59 Å². The van der Waals surface area contributed by atoms with Crippen molar-refractivity contribution in [2.24, 2.45) is 92.7 Å². The Balaban J connectivity index is 0.000000189. The third kappa shape index (κ3) is 8.45. The van der Waals surface area contributed by atoms with Crippen molar-refractivity contribution >= 4 is 60.8 Å². The van der Waals surface area contributed by atoms with E-state index in [0.717, 1.165) is 51.4 Å². The summed E-state index contributed by atoms with van der Waals surface area (Å²) in [4.78, 5) is 21.9. The van der Waals surface area contributed by atoms with Crippen molar-refractivity contribution in [3.63, 3.8) is 0 Å². The molecule has 0 saturated heterocycles. The van der Waals surface area contributed by atoms with Gasteiger partial charge in [0.05, 0.1) is 24.4 Å². The molecule has 320 valence electrons. The van der Waals surface area contributed by atoms with Crippen LogP contribution in [0.3, 0.4) is 0 Å². The van der Waals surface area contributed by atoms with Crippen LogP contribution in [0, 0.1) is 92.7 Å². The van der Waals surface area contributed by atoms with Gasteiger partial charge in [-0.25, -0.2) is 0 Å². The van der Waals surface area contributed by atoms with E-state index in [9.17, 15) is 40.2 Å². The van der Waals surface area contributed by atoms with E-state index in [2.05, 4.69) is 41.5 Å². The number of aliphatic hydroxyl groups excluding tert-OH is 4. The normalized spacial score (nSPS) is 50.8. The van der Waals surface area contributed by atoms with Gasteiger partial charge in [-0.15, -0.1) is 0 Å². The molecule has 8 rings (SSSR count). The molecule has 0 spiro atoms. The molecule has 57 heavy (non-hydrogen) atoms. The molecule has 0 aromatic carbocycles. The Bertz CT molecular complexity index is 1320. The third-order valence-corrected chi connectivity index (χ3v) is 20.4. The van der Waals surface area contributed by atoms with Crippen LogP contribution in [-0.4, -0.2) is 106 Å². The van der Waals surface area contributed by atoms with Crippen molar-refractivity contribution < 1.29 is 40.2 Å². The van der Waals surface area contributed by atoms with Gasteiger partial charge < -0.3 is 40.2 Å². The zero-order chi connectivity index (χ0) is 40.5. The molecule has 8 aliphatic carbocycles. The first-order valence-corrected chi connectivity index (χ1v) is 23.4. The summed E-state index contributed by atoms with van der Waals surface area (Å²) in [5.74, 6) is 3.99. The summed E-state index contributed by atoms with van der Waals surface area (Å²) < 4.78 is 0. The maximum Gasteiger partial charge on any atom is 2.00 e. The summed E-state index contributed by atoms with van der Waals surface area (Å²) in [7, 11) is 0. The molecule has 0 aromatic rings. The Hall–Kier alpha value is 0.351. The molecule has 8 aliphatic rings. The second kappa shape index (κ2) is 17.8. The first kappa shape index (κ1) is 46.8. The summed E-state index contributed by atoms with van der Waals surface area (Å²) >= 11 is 0. The van der Waals surface area contributed by atoms with Crippen LogP contribution in [0.25, 0.3) is 0 Å². The molecular weight excluding hydrogens is 842 g/mol. The molecule has 20 unspecified atom stereocenters. The van der Waals surface area contributed by atoms with Gasteiger partial charge in [-0.3, -0.25) is 0 Å². The molecule has 8 saturated carbocycles. The molecule has 0 radical (unpaired) electrons. The van der Waals surface area contributed by atoms with Crippen LogP contribution < -0.4 is 10.2 Å². The minimum atomic E-state index is -0.934. The van der Waals surface area contributed by atoms with Crippen molar-refractivity contribution in [2.75, 3.05) is 0 Å². The van der Waals surface area contributed by atoms with Crippen molar-refractivity contribution in [1.82, 2.24) is 0 Å². The van der Waals surface area contributed by atoms with Crippen LogP contribution in [0.1, 0.15) is 170 Å². The van der Waals surface area contributed by atoms with Crippen LogP contribution in [0.15, 0.2) is 0 Å². The number of carboxylic acids is 2. The zero-order valence-electron chi connectivity index (χ0n) is 36.5. The summed E-state index contributed by atoms with van der Waals surface area (Å²) in [5.41, 5.74) is 0.988. The Morgan fingerprint density at radius 2 is 0.860 bits per heavy atom. The van der Waals surface area contributed by atoms with E-state index in [1.54, 1.807) is 0 Å². The molecule has 0 heterocycles. The molecule has 0 aromatic heterocycles. The van der Waals surface area contributed by atoms with E-state index in [0.29, 0.717) is 83.9 Å². The van der Waals surface area contributed by atoms with E-state index in [4.69, 9.17) is 0 Å². The number of hydrogen-bond donors (Lipinski definition) is 4. The van der Waals surface area contributed by atoms with Crippen LogP contribution in [0.4, 0.5) is 0 Å². The third-order valence-electron chi connectivity index (χ3n) is 20.4. The molecule has 9 heteroatoms. The number of fused-ring (bicyclic) bond motifs is 10. The maximum absolute atomic E-state index is 11.2. The predicted molar refractivity (Wildman–Crippen MR) is 218 cm³/mol. The quantitative estimate of drug-likeness (QED) is 0.219. The van der Waals surface area contributed by atoms with E-state index < -0.39 is 11.9 Å². The van der Waals surface area contributed by atoms with Gasteiger partial charge >= 0.3 is 48.9 Å². The average molecular weight is 920 g/mol. The zero-order valence-corrected chi connectivity index (χ0v) is 40.9. The van der Waals surface area contributed by atoms with Crippen LogP contribution in [0.2, 0.25) is 0 Å². The summed E-state index contributed by atoms with van der Waals surface area (Å²) in [6, 6.07) is 0. The van der Waals surface area contributed by atoms with Crippen LogP contribution in [0.5, 0.6) is 0 Å². The molecule has 0 bridgehead atoms. The fourth-order valence-electron chi connectivity index (χ4n) is 17.4. The SMILES string of the molecule is CC(CCC(=O)[O-])C1CCC2C3C(O)CC4CC(O)CCC4(C)C3CCC12C.CC(CCC(=O)[O-])C1CCC2C3C(O)CC4CC(O)CCC4(C)C3CCC12C.[Ba+2]. The van der Waals surface area contributed by atoms with Gasteiger partial charge in [0.2, 0.25) is 0 Å². The van der Waals surface area contributed by atoms with Gasteiger partial charge in [0.15, 0.2) is 0 Å². The van der Waals surface area contributed by atoms with E-state index in [1.165, 1.54) is 51.4 Å². The topological polar surface area (TPSA) is 161 Å². The first-order valence-electron chi connectivity index (χ1n) is 23.4. The number of carbonyl (C=O) groups is 2. The molecule has 20 atom stereocenters. The fraction of sp³-hybridized carbons (Fsp3) is 0.958. The minimum Gasteiger partial charge on any atom is -0.550 e. The van der Waals surface area contributed by atoms with Gasteiger partial charge in [-0.05, 0) is 221 Å². The number of aliphatic hydroxyl groups is 4. The van der Waals surface area contributed by atoms with Gasteiger partial charge in [0, 0.05) is 11.9 Å². The maximum atomic E-state index is 11.2. The largest absolute Gasteiger partial charge is 2.00 e. The smallest absolute Gasteiger partial charge is 0.550 e. The number of aliphatic carboxylic acids is 2. The number of hydrogen-bond acceptors (Lipinski definition) is 8. The van der Waals surface area contributed by atoms with Gasteiger partial charge in [0.25, 0.3) is 0 Å². The molecule has 4 N–H and O–H groups in total. The standard InChI is InChI=1S/2C24H40O4.Ba/c2*1-14(4-7-21(27)28)17-5-6-18-22-19(9-11-24(17,18)3)23(2)10-8-16(25)12-15(23)13-20(22)26;/h2*14-20,22,25-26H,4-13H2,1-3H3,(H,27,28);/q;;+2/p-2. The predicted octanol–water partition coefficient (Wildman–Crippen LogP) is 5.91. The Morgan fingerprint density at radius 1 is 0.526 bits per heavy atom. The Labute approximate surface area is 385 Å². The Morgan fingerprint density at radius 3 is 1.21 bits per heavy atom. The number of carboxylic acid groups (broad SMARTS) is 2. The van der Waals surface area contributed by atoms with Crippen molar-refractivity contribution in [1.29, 1.82) is 0 Å². The molecule has 0 aliphatic heterocycles. The second-order valence-corrected chi connectivity index (χ2v) is 22.7. The van der Waals surface area contributed by atoms with Crippen molar-refractivity contribution in [2.45, 2.75) is 194 Å². The average Bonchev–Trinajstić information content (AvgIpc) is 3.68. The fourth-order valence-corrected chi connectivity index (χ4v) is 17.4. The van der Waals surface area contributed by atoms with Crippen molar-refractivity contribution in [3.05, 3.63) is 0 Å². The minimum absolute atomic E-state index is 0. The van der Waals surface area contributed by atoms with Gasteiger partial charge in [0.1, 0.15) is 0 Å². The van der Waals surface area contributed by atoms with Gasteiger partial charge in [-0.2, -0.15) is 0 Å². The van der Waals surface area contributed by atoms with E-state index in [-0.39, 0.29) is 108 Å². The van der Waals surface area contributed by atoms with E-state index >= 15 is 0 Å². The summed E-state index contributed by atoms with van der Waals surface area (Å²) in [6.07, 6.45) is 17.8. The Kier molecular flexibility index (Phi) is 14.7. The number of rotatable bonds is 8. The van der Waals surface area contributed by atoms with Gasteiger partial charge in [-0.1, -0.05) is 41.5 Å². The number of carbonyl (C=O) groups excluding carboxylic acids is 2. The molecule has 8 nitrogen and oxygen atoms in total. The summed E-state index contributed by atoms with van der Waals surface area (Å²) in [6.45, 7) is 14.2. The second-order valence-electron chi connectivity index (χ2n) is 22.7.